The number of benzene rings is 3. The molecule has 12 heteroatoms. The first kappa shape index (κ1) is 31.0. The zero-order chi connectivity index (χ0) is 27.3. The van der Waals surface area contributed by atoms with E-state index in [-0.39, 0.29) is 56.4 Å². The summed E-state index contributed by atoms with van der Waals surface area (Å²) in [7, 11) is -4.14. The van der Waals surface area contributed by atoms with E-state index in [1.165, 1.54) is 42.5 Å². The van der Waals surface area contributed by atoms with Crippen molar-refractivity contribution < 1.29 is 57.1 Å². The standard InChI is InChI=1S/C26H22ClN3O6S.Na/c1-15-8-18(13-28)11-19(9-15)26(33)22-12-20(27)4-7-24(22)36-14-25(32)29-23-6-5-21(10-16(23)2)37(34,35)30-17(3)31;/h4-12H,14H2,1-3H3,(H2,29,30,31,32);/q;+1/p-1. The number of nitrogens with one attached hydrogen (secondary N) is 1. The van der Waals surface area contributed by atoms with E-state index in [0.29, 0.717) is 16.8 Å². The fourth-order valence-corrected chi connectivity index (χ4v) is 4.61. The average Bonchev–Trinajstić information content (AvgIpc) is 2.82. The molecule has 9 nitrogen and oxygen atoms in total. The Hall–Kier alpha value is -3.20. The largest absolute Gasteiger partial charge is 1.00 e. The predicted molar refractivity (Wildman–Crippen MR) is 137 cm³/mol. The molecule has 0 radical (unpaired) electrons. The number of hydrogen-bond acceptors (Lipinski definition) is 7. The minimum Gasteiger partial charge on any atom is -0.542 e. The maximum Gasteiger partial charge on any atom is 1.00 e. The van der Waals surface area contributed by atoms with Gasteiger partial charge in [0.1, 0.15) is 15.8 Å². The quantitative estimate of drug-likeness (QED) is 0.325. The molecule has 0 heterocycles. The number of nitrogens with zero attached hydrogens (tertiary/aromatic N) is 2. The van der Waals surface area contributed by atoms with Crippen LogP contribution in [0.5, 0.6) is 5.75 Å². The molecule has 0 unspecified atom stereocenters. The van der Waals surface area contributed by atoms with Crippen LogP contribution in [0, 0.1) is 25.2 Å². The Kier molecular flexibility index (Phi) is 10.6. The van der Waals surface area contributed by atoms with Gasteiger partial charge in [-0.1, -0.05) is 11.6 Å². The molecule has 0 aromatic heterocycles. The van der Waals surface area contributed by atoms with Crippen molar-refractivity contribution in [3.05, 3.63) is 92.2 Å². The van der Waals surface area contributed by atoms with Gasteiger partial charge in [-0.15, -0.1) is 0 Å². The van der Waals surface area contributed by atoms with Gasteiger partial charge in [0.2, 0.25) is 0 Å². The van der Waals surface area contributed by atoms with Crippen LogP contribution >= 0.6 is 11.6 Å². The number of ketones is 1. The van der Waals surface area contributed by atoms with Gasteiger partial charge < -0.3 is 19.6 Å². The van der Waals surface area contributed by atoms with Gasteiger partial charge in [0.15, 0.2) is 12.4 Å². The van der Waals surface area contributed by atoms with E-state index in [9.17, 15) is 28.1 Å². The third-order valence-electron chi connectivity index (χ3n) is 5.03. The van der Waals surface area contributed by atoms with Gasteiger partial charge in [0.05, 0.1) is 28.0 Å². The van der Waals surface area contributed by atoms with Crippen molar-refractivity contribution in [2.45, 2.75) is 25.7 Å². The fraction of sp³-hybridized carbons (Fsp3) is 0.154. The van der Waals surface area contributed by atoms with Gasteiger partial charge in [-0.25, -0.2) is 8.42 Å². The van der Waals surface area contributed by atoms with Gasteiger partial charge >= 0.3 is 29.6 Å². The van der Waals surface area contributed by atoms with Crippen molar-refractivity contribution >= 4 is 44.9 Å². The van der Waals surface area contributed by atoms with E-state index in [4.69, 9.17) is 16.3 Å². The molecule has 3 aromatic carbocycles. The van der Waals surface area contributed by atoms with Crippen LogP contribution in [0.15, 0.2) is 59.5 Å². The minimum atomic E-state index is -4.14. The molecular formula is C26H21ClN3NaO6S. The SMILES string of the molecule is CC(=O)[N-]S(=O)(=O)c1ccc(NC(=O)COc2ccc(Cl)cc2C(=O)c2cc(C)cc(C#N)c2)c(C)c1.[Na+]. The predicted octanol–water partition coefficient (Wildman–Crippen LogP) is 1.69. The maximum atomic E-state index is 13.2. The molecule has 38 heavy (non-hydrogen) atoms. The Balaban J connectivity index is 0.00000507. The summed E-state index contributed by atoms with van der Waals surface area (Å²) in [6.45, 7) is 3.91. The second-order valence-electron chi connectivity index (χ2n) is 8.07. The Bertz CT molecular complexity index is 1570. The number of rotatable bonds is 8. The second-order valence-corrected chi connectivity index (χ2v) is 10.1. The van der Waals surface area contributed by atoms with Crippen LogP contribution in [-0.4, -0.2) is 32.6 Å². The van der Waals surface area contributed by atoms with E-state index >= 15 is 0 Å². The van der Waals surface area contributed by atoms with Gasteiger partial charge in [-0.2, -0.15) is 5.26 Å². The Morgan fingerprint density at radius 1 is 1.05 bits per heavy atom. The number of aryl methyl sites for hydroxylation is 2. The maximum absolute atomic E-state index is 13.2. The number of nitriles is 1. The van der Waals surface area contributed by atoms with Crippen LogP contribution in [0.3, 0.4) is 0 Å². The molecule has 0 aliphatic heterocycles. The molecule has 0 atom stereocenters. The summed E-state index contributed by atoms with van der Waals surface area (Å²) in [5.41, 5.74) is 2.20. The summed E-state index contributed by atoms with van der Waals surface area (Å²) in [6.07, 6.45) is 0. The van der Waals surface area contributed by atoms with Crippen molar-refractivity contribution in [3.8, 4) is 11.8 Å². The number of anilines is 1. The van der Waals surface area contributed by atoms with E-state index < -0.39 is 34.2 Å². The molecule has 0 spiro atoms. The molecule has 0 saturated carbocycles. The summed E-state index contributed by atoms with van der Waals surface area (Å²) < 4.78 is 32.9. The second kappa shape index (κ2) is 13.0. The number of ether oxygens (including phenoxy) is 1. The number of carbonyl (C=O) groups excluding carboxylic acids is 3. The van der Waals surface area contributed by atoms with Gasteiger partial charge in [0.25, 0.3) is 5.91 Å². The van der Waals surface area contributed by atoms with Crippen molar-refractivity contribution in [3.63, 3.8) is 0 Å². The van der Waals surface area contributed by atoms with Crippen molar-refractivity contribution in [1.29, 1.82) is 5.26 Å². The molecular weight excluding hydrogens is 541 g/mol. The molecule has 2 amide bonds. The minimum absolute atomic E-state index is 0. The van der Waals surface area contributed by atoms with Crippen LogP contribution in [0.1, 0.15) is 39.5 Å². The summed E-state index contributed by atoms with van der Waals surface area (Å²) in [6, 6.07) is 15.0. The van der Waals surface area contributed by atoms with Crippen LogP contribution in [0.4, 0.5) is 5.69 Å². The van der Waals surface area contributed by atoms with Gasteiger partial charge in [0, 0.05) is 16.3 Å². The van der Waals surface area contributed by atoms with Crippen LogP contribution in [0.2, 0.25) is 5.02 Å². The molecule has 0 aliphatic rings. The first-order valence-corrected chi connectivity index (χ1v) is 12.6. The van der Waals surface area contributed by atoms with E-state index in [2.05, 4.69) is 10.0 Å². The van der Waals surface area contributed by atoms with Crippen LogP contribution < -0.4 is 39.6 Å². The Morgan fingerprint density at radius 2 is 1.76 bits per heavy atom. The Labute approximate surface area is 247 Å². The Morgan fingerprint density at radius 3 is 2.39 bits per heavy atom. The summed E-state index contributed by atoms with van der Waals surface area (Å²) in [5.74, 6) is -1.72. The number of halogens is 1. The average molecular weight is 562 g/mol. The van der Waals surface area contributed by atoms with Gasteiger partial charge in [-0.3, -0.25) is 9.59 Å². The third kappa shape index (κ3) is 7.90. The number of hydrogen-bond donors (Lipinski definition) is 1. The molecule has 190 valence electrons. The molecule has 0 bridgehead atoms. The van der Waals surface area contributed by atoms with Gasteiger partial charge in [-0.05, 0) is 86.5 Å². The van der Waals surface area contributed by atoms with Crippen molar-refractivity contribution in [1.82, 2.24) is 0 Å². The topological polar surface area (TPSA) is 144 Å². The normalized spacial score (nSPS) is 10.5. The van der Waals surface area contributed by atoms with Crippen molar-refractivity contribution in [2.75, 3.05) is 11.9 Å². The monoisotopic (exact) mass is 561 g/mol. The first-order chi connectivity index (χ1) is 17.4. The van der Waals surface area contributed by atoms with Crippen molar-refractivity contribution in [2.24, 2.45) is 0 Å². The molecule has 1 N–H and O–H groups in total. The number of amides is 2. The summed E-state index contributed by atoms with van der Waals surface area (Å²) in [4.78, 5) is 36.6. The third-order valence-corrected chi connectivity index (χ3v) is 6.61. The van der Waals surface area contributed by atoms with E-state index in [1.807, 2.05) is 6.07 Å². The van der Waals surface area contributed by atoms with E-state index in [1.54, 1.807) is 26.0 Å². The summed E-state index contributed by atoms with van der Waals surface area (Å²) in [5, 5.41) is 12.1. The van der Waals surface area contributed by atoms with Crippen LogP contribution in [0.25, 0.3) is 4.72 Å². The summed E-state index contributed by atoms with van der Waals surface area (Å²) >= 11 is 6.09. The zero-order valence-electron chi connectivity index (χ0n) is 21.0. The smallest absolute Gasteiger partial charge is 0.542 e. The number of carbonyl (C=O) groups is 3. The molecule has 0 saturated heterocycles. The molecule has 0 fully saturated rings. The number of sulfonamides is 1. The zero-order valence-corrected chi connectivity index (χ0v) is 24.6. The molecule has 3 aromatic rings. The fourth-order valence-electron chi connectivity index (χ4n) is 3.43. The molecule has 0 aliphatic carbocycles. The van der Waals surface area contributed by atoms with E-state index in [0.717, 1.165) is 12.5 Å². The first-order valence-electron chi connectivity index (χ1n) is 10.8. The molecule has 3 rings (SSSR count). The van der Waals surface area contributed by atoms with Crippen LogP contribution in [-0.2, 0) is 19.6 Å².